The molecule has 2 heterocycles. The molecule has 0 saturated carbocycles. The van der Waals surface area contributed by atoms with Crippen molar-refractivity contribution in [3.05, 3.63) is 11.6 Å². The lowest BCUT2D eigenvalue weighted by atomic mass is 10.3. The Kier molecular flexibility index (Phi) is 1.39. The third-order valence-corrected chi connectivity index (χ3v) is 1.38. The lowest BCUT2D eigenvalue weighted by molar-refractivity contribution is 0.305. The van der Waals surface area contributed by atoms with Gasteiger partial charge in [-0.25, -0.2) is 4.63 Å². The molecule has 2 aromatic rings. The van der Waals surface area contributed by atoms with Gasteiger partial charge in [-0.3, -0.25) is 0 Å². The fourth-order valence-corrected chi connectivity index (χ4v) is 0.818. The maximum absolute atomic E-state index is 5.12. The van der Waals surface area contributed by atoms with E-state index in [1.165, 1.54) is 0 Å². The molecular weight excluding hydrogens is 160 g/mol. The largest absolute Gasteiger partial charge is 0.419 e. The quantitative estimate of drug-likeness (QED) is 0.621. The minimum absolute atomic E-state index is 0.339. The zero-order chi connectivity index (χ0) is 8.55. The van der Waals surface area contributed by atoms with Crippen LogP contribution in [0.5, 0.6) is 0 Å². The molecule has 6 nitrogen and oxygen atoms in total. The van der Waals surface area contributed by atoms with E-state index in [1.807, 2.05) is 0 Å². The standard InChI is InChI=1S/C6H6N4O2/c1-3-5(10-12-9-3)6-8-7-4(2)11-6/h1-2H3. The van der Waals surface area contributed by atoms with Crippen molar-refractivity contribution in [3.8, 4) is 11.6 Å². The molecule has 0 aromatic carbocycles. The van der Waals surface area contributed by atoms with Crippen LogP contribution in [0.2, 0.25) is 0 Å². The van der Waals surface area contributed by atoms with Gasteiger partial charge in [0.25, 0.3) is 5.89 Å². The molecule has 2 rings (SSSR count). The third-order valence-electron chi connectivity index (χ3n) is 1.38. The van der Waals surface area contributed by atoms with Gasteiger partial charge in [0.05, 0.1) is 0 Å². The van der Waals surface area contributed by atoms with Crippen LogP contribution in [-0.4, -0.2) is 20.5 Å². The van der Waals surface area contributed by atoms with Crippen molar-refractivity contribution in [1.82, 2.24) is 20.5 Å². The van der Waals surface area contributed by atoms with Crippen molar-refractivity contribution < 1.29 is 9.05 Å². The molecule has 0 aliphatic heterocycles. The van der Waals surface area contributed by atoms with E-state index in [-0.39, 0.29) is 0 Å². The van der Waals surface area contributed by atoms with E-state index in [1.54, 1.807) is 13.8 Å². The van der Waals surface area contributed by atoms with E-state index in [4.69, 9.17) is 4.42 Å². The number of aryl methyl sites for hydroxylation is 2. The maximum atomic E-state index is 5.12. The summed E-state index contributed by atoms with van der Waals surface area (Å²) in [7, 11) is 0. The van der Waals surface area contributed by atoms with E-state index in [0.29, 0.717) is 23.2 Å². The van der Waals surface area contributed by atoms with Crippen molar-refractivity contribution in [3.63, 3.8) is 0 Å². The van der Waals surface area contributed by atoms with E-state index in [0.717, 1.165) is 0 Å². The second-order valence-electron chi connectivity index (χ2n) is 2.32. The molecule has 0 spiro atoms. The van der Waals surface area contributed by atoms with Gasteiger partial charge in [0.15, 0.2) is 5.69 Å². The van der Waals surface area contributed by atoms with Crippen LogP contribution in [0.4, 0.5) is 0 Å². The summed E-state index contributed by atoms with van der Waals surface area (Å²) in [4.78, 5) is 0. The van der Waals surface area contributed by atoms with Gasteiger partial charge >= 0.3 is 0 Å². The van der Waals surface area contributed by atoms with Crippen LogP contribution in [0.15, 0.2) is 9.05 Å². The van der Waals surface area contributed by atoms with Gasteiger partial charge in [0.2, 0.25) is 5.89 Å². The Morgan fingerprint density at radius 3 is 2.42 bits per heavy atom. The van der Waals surface area contributed by atoms with Crippen LogP contribution in [0, 0.1) is 13.8 Å². The van der Waals surface area contributed by atoms with Gasteiger partial charge in [-0.1, -0.05) is 5.16 Å². The summed E-state index contributed by atoms with van der Waals surface area (Å²) in [5.41, 5.74) is 1.13. The van der Waals surface area contributed by atoms with Crippen LogP contribution in [0.1, 0.15) is 11.6 Å². The second-order valence-corrected chi connectivity index (χ2v) is 2.32. The van der Waals surface area contributed by atoms with E-state index < -0.39 is 0 Å². The van der Waals surface area contributed by atoms with Crippen LogP contribution in [-0.2, 0) is 0 Å². The van der Waals surface area contributed by atoms with Crippen molar-refractivity contribution in [2.24, 2.45) is 0 Å². The minimum Gasteiger partial charge on any atom is -0.419 e. The molecule has 0 aliphatic rings. The lowest BCUT2D eigenvalue weighted by Crippen LogP contribution is -1.80. The average Bonchev–Trinajstić information content (AvgIpc) is 2.58. The molecule has 0 aliphatic carbocycles. The summed E-state index contributed by atoms with van der Waals surface area (Å²) in [6, 6.07) is 0. The number of hydrogen-bond acceptors (Lipinski definition) is 6. The molecule has 12 heavy (non-hydrogen) atoms. The maximum Gasteiger partial charge on any atom is 0.271 e. The SMILES string of the molecule is Cc1nnc(-c2nonc2C)o1. The number of aromatic nitrogens is 4. The van der Waals surface area contributed by atoms with Gasteiger partial charge in [-0.2, -0.15) is 0 Å². The van der Waals surface area contributed by atoms with Crippen molar-refractivity contribution in [1.29, 1.82) is 0 Å². The zero-order valence-electron chi connectivity index (χ0n) is 6.61. The van der Waals surface area contributed by atoms with Crippen LogP contribution in [0.25, 0.3) is 11.6 Å². The first kappa shape index (κ1) is 6.96. The summed E-state index contributed by atoms with van der Waals surface area (Å²) in [6.45, 7) is 3.46. The Bertz CT molecular complexity index is 392. The fourth-order valence-electron chi connectivity index (χ4n) is 0.818. The molecule has 6 heteroatoms. The van der Waals surface area contributed by atoms with Crippen LogP contribution in [0.3, 0.4) is 0 Å². The molecule has 2 aromatic heterocycles. The molecule has 0 saturated heterocycles. The summed E-state index contributed by atoms with van der Waals surface area (Å²) < 4.78 is 9.61. The Morgan fingerprint density at radius 2 is 1.92 bits per heavy atom. The fraction of sp³-hybridized carbons (Fsp3) is 0.333. The zero-order valence-corrected chi connectivity index (χ0v) is 6.61. The Hall–Kier alpha value is -1.72. The van der Waals surface area contributed by atoms with Crippen molar-refractivity contribution in [2.75, 3.05) is 0 Å². The molecule has 0 amide bonds. The highest BCUT2D eigenvalue weighted by molar-refractivity contribution is 5.47. The number of nitrogens with zero attached hydrogens (tertiary/aromatic N) is 4. The van der Waals surface area contributed by atoms with E-state index in [9.17, 15) is 0 Å². The topological polar surface area (TPSA) is 77.8 Å². The summed E-state index contributed by atoms with van der Waals surface area (Å²) in [5, 5.41) is 14.6. The van der Waals surface area contributed by atoms with Gasteiger partial charge in [-0.15, -0.1) is 10.2 Å². The molecular formula is C6H6N4O2. The third kappa shape index (κ3) is 0.969. The van der Waals surface area contributed by atoms with E-state index in [2.05, 4.69) is 25.1 Å². The summed E-state index contributed by atoms with van der Waals surface area (Å²) in [5.74, 6) is 0.832. The first-order chi connectivity index (χ1) is 5.77. The van der Waals surface area contributed by atoms with Crippen LogP contribution < -0.4 is 0 Å². The monoisotopic (exact) mass is 166 g/mol. The number of rotatable bonds is 1. The van der Waals surface area contributed by atoms with Crippen molar-refractivity contribution >= 4 is 0 Å². The molecule has 62 valence electrons. The average molecular weight is 166 g/mol. The van der Waals surface area contributed by atoms with Crippen molar-refractivity contribution in [2.45, 2.75) is 13.8 Å². The molecule has 0 N–H and O–H groups in total. The summed E-state index contributed by atoms with van der Waals surface area (Å²) >= 11 is 0. The van der Waals surface area contributed by atoms with Gasteiger partial charge < -0.3 is 4.42 Å². The molecule has 0 fully saturated rings. The molecule has 0 atom stereocenters. The van der Waals surface area contributed by atoms with Gasteiger partial charge in [0.1, 0.15) is 5.69 Å². The predicted octanol–water partition coefficient (Wildman–Crippen LogP) is 0.736. The predicted molar refractivity (Wildman–Crippen MR) is 37.1 cm³/mol. The van der Waals surface area contributed by atoms with Gasteiger partial charge in [-0.05, 0) is 12.1 Å². The Balaban J connectivity index is 2.50. The highest BCUT2D eigenvalue weighted by Crippen LogP contribution is 2.16. The first-order valence-electron chi connectivity index (χ1n) is 3.37. The van der Waals surface area contributed by atoms with E-state index >= 15 is 0 Å². The molecule has 0 unspecified atom stereocenters. The van der Waals surface area contributed by atoms with Gasteiger partial charge in [0, 0.05) is 6.92 Å². The minimum atomic E-state index is 0.339. The summed E-state index contributed by atoms with van der Waals surface area (Å²) in [6.07, 6.45) is 0. The lowest BCUT2D eigenvalue weighted by Gasteiger charge is -1.83. The molecule has 0 radical (unpaired) electrons. The Labute approximate surface area is 67.6 Å². The first-order valence-corrected chi connectivity index (χ1v) is 3.37. The molecule has 0 bridgehead atoms. The second kappa shape index (κ2) is 2.40. The normalized spacial score (nSPS) is 10.5. The Morgan fingerprint density at radius 1 is 1.08 bits per heavy atom. The highest BCUT2D eigenvalue weighted by Gasteiger charge is 2.13. The highest BCUT2D eigenvalue weighted by atomic mass is 16.6. The smallest absolute Gasteiger partial charge is 0.271 e. The van der Waals surface area contributed by atoms with Crippen LogP contribution >= 0.6 is 0 Å². The number of hydrogen-bond donors (Lipinski definition) is 0.